The van der Waals surface area contributed by atoms with Crippen LogP contribution in [0.3, 0.4) is 0 Å². The first-order valence-corrected chi connectivity index (χ1v) is 6.19. The van der Waals surface area contributed by atoms with Gasteiger partial charge in [-0.05, 0) is 31.9 Å². The van der Waals surface area contributed by atoms with Crippen molar-refractivity contribution in [1.82, 2.24) is 19.5 Å². The largest absolute Gasteiger partial charge is 0.368 e. The summed E-state index contributed by atoms with van der Waals surface area (Å²) < 4.78 is 2.09. The Kier molecular flexibility index (Phi) is 3.47. The first-order valence-electron chi connectivity index (χ1n) is 5.81. The van der Waals surface area contributed by atoms with Crippen LogP contribution in [0.25, 0.3) is 11.2 Å². The van der Waals surface area contributed by atoms with E-state index in [2.05, 4.69) is 38.7 Å². The fourth-order valence-electron chi connectivity index (χ4n) is 1.74. The maximum atomic E-state index is 5.87. The van der Waals surface area contributed by atoms with E-state index in [9.17, 15) is 0 Å². The van der Waals surface area contributed by atoms with Crippen molar-refractivity contribution in [2.75, 3.05) is 11.9 Å². The number of hydrogen-bond donors (Lipinski definition) is 1. The molecule has 2 aromatic heterocycles. The zero-order valence-electron chi connectivity index (χ0n) is 10.2. The summed E-state index contributed by atoms with van der Waals surface area (Å²) in [6.07, 6.45) is 2.82. The molecule has 2 aromatic rings. The fraction of sp³-hybridized carbons (Fsp3) is 0.545. The van der Waals surface area contributed by atoms with Crippen molar-refractivity contribution >= 4 is 28.6 Å². The molecule has 0 spiro atoms. The average Bonchev–Trinajstić information content (AvgIpc) is 2.72. The molecule has 92 valence electrons. The molecule has 0 aliphatic carbocycles. The Balaban J connectivity index is 2.63. The number of nitrogens with one attached hydrogen (secondary N) is 1. The predicted octanol–water partition coefficient (Wildman–Crippen LogP) is 2.88. The number of aromatic nitrogens is 4. The minimum Gasteiger partial charge on any atom is -0.368 e. The van der Waals surface area contributed by atoms with Crippen molar-refractivity contribution in [2.24, 2.45) is 0 Å². The molecule has 0 aliphatic heterocycles. The number of imidazole rings is 1. The molecule has 0 radical (unpaired) electrons. The van der Waals surface area contributed by atoms with Gasteiger partial charge >= 0.3 is 0 Å². The minimum atomic E-state index is 0.225. The summed E-state index contributed by atoms with van der Waals surface area (Å²) in [7, 11) is 0. The van der Waals surface area contributed by atoms with Gasteiger partial charge in [0.15, 0.2) is 11.5 Å². The van der Waals surface area contributed by atoms with E-state index in [1.165, 1.54) is 0 Å². The normalized spacial score (nSPS) is 12.9. The van der Waals surface area contributed by atoms with Gasteiger partial charge in [0.1, 0.15) is 5.52 Å². The van der Waals surface area contributed by atoms with E-state index in [-0.39, 0.29) is 5.28 Å². The van der Waals surface area contributed by atoms with E-state index in [1.54, 1.807) is 6.33 Å². The predicted molar refractivity (Wildman–Crippen MR) is 69.5 cm³/mol. The summed E-state index contributed by atoms with van der Waals surface area (Å²) >= 11 is 5.87. The third-order valence-corrected chi connectivity index (χ3v) is 2.98. The monoisotopic (exact) mass is 253 g/mol. The third-order valence-electron chi connectivity index (χ3n) is 2.81. The summed E-state index contributed by atoms with van der Waals surface area (Å²) in [5.74, 6) is 0.750. The lowest BCUT2D eigenvalue weighted by Gasteiger charge is -2.13. The zero-order chi connectivity index (χ0) is 12.4. The second-order valence-electron chi connectivity index (χ2n) is 3.95. The van der Waals surface area contributed by atoms with Gasteiger partial charge in [-0.25, -0.2) is 4.98 Å². The van der Waals surface area contributed by atoms with Crippen LogP contribution in [0.15, 0.2) is 6.33 Å². The van der Waals surface area contributed by atoms with Gasteiger partial charge in [-0.15, -0.1) is 0 Å². The molecule has 1 atom stereocenters. The quantitative estimate of drug-likeness (QED) is 0.852. The smallest absolute Gasteiger partial charge is 0.226 e. The molecule has 0 amide bonds. The maximum Gasteiger partial charge on any atom is 0.226 e. The van der Waals surface area contributed by atoms with Gasteiger partial charge in [0.25, 0.3) is 0 Å². The van der Waals surface area contributed by atoms with Crippen LogP contribution in [0.1, 0.15) is 33.2 Å². The van der Waals surface area contributed by atoms with Crippen molar-refractivity contribution in [3.63, 3.8) is 0 Å². The van der Waals surface area contributed by atoms with Gasteiger partial charge in [0.05, 0.1) is 6.33 Å². The van der Waals surface area contributed by atoms with E-state index < -0.39 is 0 Å². The van der Waals surface area contributed by atoms with Gasteiger partial charge in [0.2, 0.25) is 5.28 Å². The Morgan fingerprint density at radius 1 is 1.41 bits per heavy atom. The molecule has 0 saturated carbocycles. The topological polar surface area (TPSA) is 55.6 Å². The Morgan fingerprint density at radius 2 is 2.18 bits per heavy atom. The van der Waals surface area contributed by atoms with E-state index in [0.717, 1.165) is 24.3 Å². The van der Waals surface area contributed by atoms with Gasteiger partial charge in [-0.2, -0.15) is 9.97 Å². The highest BCUT2D eigenvalue weighted by Crippen LogP contribution is 2.25. The van der Waals surface area contributed by atoms with E-state index >= 15 is 0 Å². The zero-order valence-corrected chi connectivity index (χ0v) is 11.0. The maximum absolute atomic E-state index is 5.87. The van der Waals surface area contributed by atoms with E-state index in [0.29, 0.717) is 11.7 Å². The number of anilines is 1. The Hall–Kier alpha value is -1.36. The number of rotatable bonds is 4. The van der Waals surface area contributed by atoms with Gasteiger partial charge in [0, 0.05) is 12.6 Å². The lowest BCUT2D eigenvalue weighted by Crippen LogP contribution is -2.07. The van der Waals surface area contributed by atoms with Crippen LogP contribution in [0.4, 0.5) is 5.82 Å². The highest BCUT2D eigenvalue weighted by atomic mass is 35.5. The van der Waals surface area contributed by atoms with E-state index in [4.69, 9.17) is 11.6 Å². The average molecular weight is 254 g/mol. The molecular weight excluding hydrogens is 238 g/mol. The molecule has 0 saturated heterocycles. The Morgan fingerprint density at radius 3 is 2.82 bits per heavy atom. The van der Waals surface area contributed by atoms with E-state index in [1.807, 2.05) is 6.92 Å². The van der Waals surface area contributed by atoms with Crippen molar-refractivity contribution in [3.05, 3.63) is 11.6 Å². The van der Waals surface area contributed by atoms with Gasteiger partial charge < -0.3 is 9.88 Å². The first-order chi connectivity index (χ1) is 8.17. The SMILES string of the molecule is CCNc1nc(Cl)nc2ncn(C(C)CC)c12. The molecule has 0 aliphatic rings. The first kappa shape index (κ1) is 12.1. The number of nitrogens with zero attached hydrogens (tertiary/aromatic N) is 4. The molecule has 17 heavy (non-hydrogen) atoms. The van der Waals surface area contributed by atoms with Crippen LogP contribution < -0.4 is 5.32 Å². The highest BCUT2D eigenvalue weighted by Gasteiger charge is 2.14. The summed E-state index contributed by atoms with van der Waals surface area (Å²) in [6.45, 7) is 7.09. The summed E-state index contributed by atoms with van der Waals surface area (Å²) in [6, 6.07) is 0.363. The van der Waals surface area contributed by atoms with Crippen molar-refractivity contribution in [2.45, 2.75) is 33.2 Å². The molecule has 0 bridgehead atoms. The molecule has 0 fully saturated rings. The van der Waals surface area contributed by atoms with Crippen LogP contribution in [0, 0.1) is 0 Å². The molecule has 1 N–H and O–H groups in total. The molecule has 5 nitrogen and oxygen atoms in total. The molecule has 6 heteroatoms. The Bertz CT molecular complexity index is 522. The molecular formula is C11H16ClN5. The van der Waals surface area contributed by atoms with Gasteiger partial charge in [-0.1, -0.05) is 6.92 Å². The summed E-state index contributed by atoms with van der Waals surface area (Å²) in [4.78, 5) is 12.6. The molecule has 1 unspecified atom stereocenters. The van der Waals surface area contributed by atoms with Crippen molar-refractivity contribution < 1.29 is 0 Å². The minimum absolute atomic E-state index is 0.225. The van der Waals surface area contributed by atoms with Crippen molar-refractivity contribution in [1.29, 1.82) is 0 Å². The van der Waals surface area contributed by atoms with Crippen LogP contribution in [-0.4, -0.2) is 26.1 Å². The van der Waals surface area contributed by atoms with Gasteiger partial charge in [-0.3, -0.25) is 0 Å². The fourth-order valence-corrected chi connectivity index (χ4v) is 1.90. The second kappa shape index (κ2) is 4.87. The summed E-state index contributed by atoms with van der Waals surface area (Å²) in [5.41, 5.74) is 1.56. The third kappa shape index (κ3) is 2.20. The standard InChI is InChI=1S/C11H16ClN5/c1-4-7(3)17-6-14-10-8(17)9(13-5-2)15-11(12)16-10/h6-7H,4-5H2,1-3H3,(H,13,15,16). The molecule has 2 rings (SSSR count). The number of hydrogen-bond acceptors (Lipinski definition) is 4. The molecule has 2 heterocycles. The summed E-state index contributed by atoms with van der Waals surface area (Å²) in [5, 5.41) is 3.43. The number of fused-ring (bicyclic) bond motifs is 1. The number of halogens is 1. The Labute approximate surface area is 105 Å². The lowest BCUT2D eigenvalue weighted by atomic mass is 10.2. The second-order valence-corrected chi connectivity index (χ2v) is 4.29. The lowest BCUT2D eigenvalue weighted by molar-refractivity contribution is 0.544. The van der Waals surface area contributed by atoms with Crippen LogP contribution >= 0.6 is 11.6 Å². The van der Waals surface area contributed by atoms with Crippen LogP contribution in [-0.2, 0) is 0 Å². The van der Waals surface area contributed by atoms with Crippen molar-refractivity contribution in [3.8, 4) is 0 Å². The molecule has 0 aromatic carbocycles. The van der Waals surface area contributed by atoms with Crippen LogP contribution in [0.2, 0.25) is 5.28 Å². The highest BCUT2D eigenvalue weighted by molar-refractivity contribution is 6.28. The van der Waals surface area contributed by atoms with Crippen LogP contribution in [0.5, 0.6) is 0 Å².